The Balaban J connectivity index is 2.02. The van der Waals surface area contributed by atoms with Gasteiger partial charge in [-0.2, -0.15) is 0 Å². The lowest BCUT2D eigenvalue weighted by molar-refractivity contribution is -0.123. The van der Waals surface area contributed by atoms with E-state index in [1.54, 1.807) is 6.92 Å². The van der Waals surface area contributed by atoms with Gasteiger partial charge >= 0.3 is 0 Å². The fourth-order valence-electron chi connectivity index (χ4n) is 2.76. The number of primary amides is 1. The fourth-order valence-corrected chi connectivity index (χ4v) is 2.76. The Labute approximate surface area is 124 Å². The van der Waals surface area contributed by atoms with E-state index >= 15 is 0 Å². The highest BCUT2D eigenvalue weighted by Crippen LogP contribution is 2.21. The normalized spacial score (nSPS) is 20.2. The number of hydrazine groups is 1. The van der Waals surface area contributed by atoms with E-state index in [0.29, 0.717) is 6.54 Å². The van der Waals surface area contributed by atoms with Crippen LogP contribution in [0.5, 0.6) is 0 Å². The molecule has 2 rings (SSSR count). The Morgan fingerprint density at radius 1 is 1.38 bits per heavy atom. The second-order valence-corrected chi connectivity index (χ2v) is 5.50. The van der Waals surface area contributed by atoms with Crippen molar-refractivity contribution in [2.45, 2.75) is 38.3 Å². The summed E-state index contributed by atoms with van der Waals surface area (Å²) in [6, 6.07) is 7.64. The summed E-state index contributed by atoms with van der Waals surface area (Å²) in [6.07, 6.45) is 1.83. The zero-order chi connectivity index (χ0) is 15.4. The molecule has 1 aromatic rings. The van der Waals surface area contributed by atoms with Crippen molar-refractivity contribution in [1.29, 1.82) is 0 Å². The lowest BCUT2D eigenvalue weighted by Crippen LogP contribution is -2.39. The molecule has 2 amide bonds. The van der Waals surface area contributed by atoms with Gasteiger partial charge < -0.3 is 5.73 Å². The summed E-state index contributed by atoms with van der Waals surface area (Å²) < 4.78 is 0. The SMILES string of the molecule is CC(C(=O)NN)c1ccc(CN2CCCC2C(N)=O)cc1. The number of carbonyl (C=O) groups is 2. The second kappa shape index (κ2) is 6.69. The van der Waals surface area contributed by atoms with Gasteiger partial charge in [-0.25, -0.2) is 5.84 Å². The van der Waals surface area contributed by atoms with Gasteiger partial charge in [-0.15, -0.1) is 0 Å². The summed E-state index contributed by atoms with van der Waals surface area (Å²) in [4.78, 5) is 25.0. The molecule has 0 spiro atoms. The standard InChI is InChI=1S/C15H22N4O2/c1-10(15(21)18-17)12-6-4-11(5-7-12)9-19-8-2-3-13(19)14(16)20/h4-7,10,13H,2-3,8-9,17H2,1H3,(H2,16,20)(H,18,21). The molecule has 1 aliphatic heterocycles. The third kappa shape index (κ3) is 3.59. The van der Waals surface area contributed by atoms with Crippen LogP contribution in [0, 0.1) is 0 Å². The van der Waals surface area contributed by atoms with Crippen molar-refractivity contribution in [3.05, 3.63) is 35.4 Å². The van der Waals surface area contributed by atoms with Crippen LogP contribution in [0.15, 0.2) is 24.3 Å². The molecule has 1 aliphatic rings. The van der Waals surface area contributed by atoms with Crippen LogP contribution in [0.4, 0.5) is 0 Å². The van der Waals surface area contributed by atoms with Crippen LogP contribution in [0.2, 0.25) is 0 Å². The van der Waals surface area contributed by atoms with Crippen LogP contribution in [-0.2, 0) is 16.1 Å². The van der Waals surface area contributed by atoms with Crippen molar-refractivity contribution < 1.29 is 9.59 Å². The van der Waals surface area contributed by atoms with E-state index in [2.05, 4.69) is 10.3 Å². The number of nitrogens with two attached hydrogens (primary N) is 2. The lowest BCUT2D eigenvalue weighted by Gasteiger charge is -2.22. The maximum Gasteiger partial charge on any atom is 0.241 e. The maximum absolute atomic E-state index is 11.5. The third-order valence-electron chi connectivity index (χ3n) is 4.09. The van der Waals surface area contributed by atoms with Crippen LogP contribution in [0.1, 0.15) is 36.8 Å². The summed E-state index contributed by atoms with van der Waals surface area (Å²) in [5, 5.41) is 0. The number of hydrogen-bond donors (Lipinski definition) is 3. The average molecular weight is 290 g/mol. The zero-order valence-electron chi connectivity index (χ0n) is 12.2. The highest BCUT2D eigenvalue weighted by molar-refractivity contribution is 5.82. The quantitative estimate of drug-likeness (QED) is 0.410. The molecule has 1 aromatic carbocycles. The van der Waals surface area contributed by atoms with E-state index in [1.165, 1.54) is 0 Å². The minimum Gasteiger partial charge on any atom is -0.368 e. The number of nitrogens with zero attached hydrogens (tertiary/aromatic N) is 1. The number of likely N-dealkylation sites (tertiary alicyclic amines) is 1. The largest absolute Gasteiger partial charge is 0.368 e. The van der Waals surface area contributed by atoms with Gasteiger partial charge in [0.25, 0.3) is 0 Å². The Morgan fingerprint density at radius 2 is 2.05 bits per heavy atom. The van der Waals surface area contributed by atoms with Gasteiger partial charge in [0, 0.05) is 6.54 Å². The Hall–Kier alpha value is -1.92. The van der Waals surface area contributed by atoms with Crippen molar-refractivity contribution in [2.24, 2.45) is 11.6 Å². The molecule has 1 saturated heterocycles. The molecule has 0 saturated carbocycles. The first kappa shape index (κ1) is 15.5. The summed E-state index contributed by atoms with van der Waals surface area (Å²) in [6.45, 7) is 3.40. The van der Waals surface area contributed by atoms with E-state index < -0.39 is 0 Å². The molecule has 2 atom stereocenters. The van der Waals surface area contributed by atoms with Crippen LogP contribution >= 0.6 is 0 Å². The van der Waals surface area contributed by atoms with E-state index in [1.807, 2.05) is 24.3 Å². The van der Waals surface area contributed by atoms with Gasteiger partial charge in [0.15, 0.2) is 0 Å². The topological polar surface area (TPSA) is 101 Å². The molecule has 114 valence electrons. The molecule has 0 aromatic heterocycles. The zero-order valence-corrected chi connectivity index (χ0v) is 12.2. The summed E-state index contributed by atoms with van der Waals surface area (Å²) in [7, 11) is 0. The number of hydrogen-bond acceptors (Lipinski definition) is 4. The van der Waals surface area contributed by atoms with Gasteiger partial charge in [-0.05, 0) is 37.4 Å². The van der Waals surface area contributed by atoms with Gasteiger partial charge in [-0.3, -0.25) is 19.9 Å². The van der Waals surface area contributed by atoms with Crippen molar-refractivity contribution in [2.75, 3.05) is 6.54 Å². The van der Waals surface area contributed by atoms with Crippen LogP contribution in [0.3, 0.4) is 0 Å². The van der Waals surface area contributed by atoms with E-state index in [9.17, 15) is 9.59 Å². The molecular weight excluding hydrogens is 268 g/mol. The van der Waals surface area contributed by atoms with Gasteiger partial charge in [0.1, 0.15) is 0 Å². The molecule has 21 heavy (non-hydrogen) atoms. The molecule has 1 fully saturated rings. The van der Waals surface area contributed by atoms with Gasteiger partial charge in [0.05, 0.1) is 12.0 Å². The van der Waals surface area contributed by atoms with Gasteiger partial charge in [-0.1, -0.05) is 24.3 Å². The molecular formula is C15H22N4O2. The van der Waals surface area contributed by atoms with Crippen molar-refractivity contribution in [3.63, 3.8) is 0 Å². The molecule has 0 bridgehead atoms. The minimum atomic E-state index is -0.283. The number of rotatable bonds is 5. The first-order chi connectivity index (χ1) is 10.0. The molecule has 6 heteroatoms. The Kier molecular flexibility index (Phi) is 4.93. The monoisotopic (exact) mass is 290 g/mol. The third-order valence-corrected chi connectivity index (χ3v) is 4.09. The Morgan fingerprint density at radius 3 is 2.62 bits per heavy atom. The van der Waals surface area contributed by atoms with Crippen molar-refractivity contribution in [1.82, 2.24) is 10.3 Å². The number of benzene rings is 1. The summed E-state index contributed by atoms with van der Waals surface area (Å²) >= 11 is 0. The van der Waals surface area contributed by atoms with E-state index in [-0.39, 0.29) is 23.8 Å². The van der Waals surface area contributed by atoms with Crippen molar-refractivity contribution >= 4 is 11.8 Å². The van der Waals surface area contributed by atoms with Crippen LogP contribution in [0.25, 0.3) is 0 Å². The molecule has 6 nitrogen and oxygen atoms in total. The van der Waals surface area contributed by atoms with E-state index in [4.69, 9.17) is 11.6 Å². The first-order valence-corrected chi connectivity index (χ1v) is 7.15. The first-order valence-electron chi connectivity index (χ1n) is 7.15. The lowest BCUT2D eigenvalue weighted by atomic mass is 9.99. The molecule has 1 heterocycles. The number of amides is 2. The molecule has 2 unspecified atom stereocenters. The molecule has 0 radical (unpaired) electrons. The summed E-state index contributed by atoms with van der Waals surface area (Å²) in [5.74, 6) is 4.40. The molecule has 0 aliphatic carbocycles. The van der Waals surface area contributed by atoms with Crippen molar-refractivity contribution in [3.8, 4) is 0 Å². The number of carbonyl (C=O) groups excluding carboxylic acids is 2. The van der Waals surface area contributed by atoms with Gasteiger partial charge in [0.2, 0.25) is 11.8 Å². The smallest absolute Gasteiger partial charge is 0.241 e. The van der Waals surface area contributed by atoms with Crippen LogP contribution < -0.4 is 17.0 Å². The predicted molar refractivity (Wildman–Crippen MR) is 79.8 cm³/mol. The van der Waals surface area contributed by atoms with Crippen LogP contribution in [-0.4, -0.2) is 29.3 Å². The highest BCUT2D eigenvalue weighted by Gasteiger charge is 2.28. The molecule has 5 N–H and O–H groups in total. The average Bonchev–Trinajstić information content (AvgIpc) is 2.95. The maximum atomic E-state index is 11.5. The Bertz CT molecular complexity index is 515. The highest BCUT2D eigenvalue weighted by atomic mass is 16.2. The predicted octanol–water partition coefficient (Wildman–Crippen LogP) is 0.230. The fraction of sp³-hybridized carbons (Fsp3) is 0.467. The van der Waals surface area contributed by atoms with E-state index in [0.717, 1.165) is 30.5 Å². The minimum absolute atomic E-state index is 0.161. The number of nitrogens with one attached hydrogen (secondary N) is 1. The second-order valence-electron chi connectivity index (χ2n) is 5.50. The summed E-state index contributed by atoms with van der Waals surface area (Å²) in [5.41, 5.74) is 9.59.